The molecule has 2 N–H and O–H groups in total. The van der Waals surface area contributed by atoms with Crippen molar-refractivity contribution in [1.82, 2.24) is 29.3 Å². The van der Waals surface area contributed by atoms with Gasteiger partial charge >= 0.3 is 6.09 Å². The largest absolute Gasteiger partial charge is 0.444 e. The van der Waals surface area contributed by atoms with E-state index in [0.717, 1.165) is 18.4 Å². The van der Waals surface area contributed by atoms with Crippen LogP contribution >= 0.6 is 11.6 Å². The summed E-state index contributed by atoms with van der Waals surface area (Å²) in [5, 5.41) is 14.7. The topological polar surface area (TPSA) is 145 Å². The Morgan fingerprint density at radius 1 is 1.16 bits per heavy atom. The SMILES string of the molecule is CC(C)(C)OC(=O)NCc1ccc(-n2c(Cl)cc3c(=O)n(CC4(O)CCN(C(=O)c5cnc(C6CC6)o5)CC4)cnc32)cc1. The Kier molecular flexibility index (Phi) is 7.75. The molecule has 2 fully saturated rings. The van der Waals surface area contributed by atoms with Gasteiger partial charge in [-0.1, -0.05) is 23.7 Å². The number of nitrogens with one attached hydrogen (secondary N) is 1. The number of carbonyl (C=O) groups excluding carboxylic acids is 2. The highest BCUT2D eigenvalue weighted by Gasteiger charge is 2.37. The van der Waals surface area contributed by atoms with Crippen LogP contribution in [0.5, 0.6) is 0 Å². The van der Waals surface area contributed by atoms with E-state index in [0.29, 0.717) is 59.6 Å². The van der Waals surface area contributed by atoms with Gasteiger partial charge in [-0.3, -0.25) is 18.7 Å². The van der Waals surface area contributed by atoms with Crippen molar-refractivity contribution >= 4 is 34.6 Å². The number of benzene rings is 1. The first kappa shape index (κ1) is 29.9. The van der Waals surface area contributed by atoms with Crippen molar-refractivity contribution in [2.45, 2.75) is 76.7 Å². The van der Waals surface area contributed by atoms with E-state index in [1.165, 1.54) is 17.1 Å². The number of alkyl carbamates (subject to hydrolysis) is 1. The van der Waals surface area contributed by atoms with Crippen LogP contribution in [-0.4, -0.2) is 65.4 Å². The monoisotopic (exact) mass is 622 g/mol. The molecule has 6 rings (SSSR count). The fraction of sp³-hybridized carbons (Fsp3) is 0.452. The number of ether oxygens (including phenoxy) is 1. The van der Waals surface area contributed by atoms with Crippen molar-refractivity contribution in [3.8, 4) is 5.69 Å². The van der Waals surface area contributed by atoms with Crippen LogP contribution in [-0.2, 0) is 17.8 Å². The van der Waals surface area contributed by atoms with Crippen LogP contribution in [0, 0.1) is 0 Å². The van der Waals surface area contributed by atoms with Gasteiger partial charge in [0.15, 0.2) is 11.5 Å². The van der Waals surface area contributed by atoms with Crippen molar-refractivity contribution in [3.05, 3.63) is 75.6 Å². The first-order valence-electron chi connectivity index (χ1n) is 14.7. The predicted octanol–water partition coefficient (Wildman–Crippen LogP) is 4.40. The molecule has 2 aliphatic rings. The third-order valence-electron chi connectivity index (χ3n) is 7.88. The molecule has 1 aromatic carbocycles. The molecule has 0 atom stereocenters. The van der Waals surface area contributed by atoms with Gasteiger partial charge in [0, 0.05) is 31.2 Å². The van der Waals surface area contributed by atoms with E-state index in [2.05, 4.69) is 15.3 Å². The van der Waals surface area contributed by atoms with Crippen molar-refractivity contribution in [2.75, 3.05) is 13.1 Å². The average Bonchev–Trinajstić information content (AvgIpc) is 3.60. The number of likely N-dealkylation sites (tertiary alicyclic amines) is 1. The van der Waals surface area contributed by atoms with Gasteiger partial charge in [0.2, 0.25) is 5.76 Å². The maximum atomic E-state index is 13.5. The van der Waals surface area contributed by atoms with Gasteiger partial charge in [0.05, 0.1) is 23.7 Å². The Labute approximate surface area is 258 Å². The second kappa shape index (κ2) is 11.4. The Hall–Kier alpha value is -4.16. The number of aromatic nitrogens is 4. The zero-order valence-electron chi connectivity index (χ0n) is 24.9. The molecule has 1 aliphatic heterocycles. The van der Waals surface area contributed by atoms with E-state index in [1.807, 2.05) is 24.3 Å². The molecule has 4 heterocycles. The minimum atomic E-state index is -1.19. The molecular weight excluding hydrogens is 588 g/mol. The number of oxazole rings is 1. The third-order valence-corrected chi connectivity index (χ3v) is 8.16. The number of halogens is 1. The average molecular weight is 623 g/mol. The fourth-order valence-corrected chi connectivity index (χ4v) is 5.64. The number of aliphatic hydroxyl groups is 1. The van der Waals surface area contributed by atoms with E-state index in [4.69, 9.17) is 20.8 Å². The van der Waals surface area contributed by atoms with Gasteiger partial charge in [-0.15, -0.1) is 0 Å². The van der Waals surface area contributed by atoms with Crippen LogP contribution in [0.25, 0.3) is 16.7 Å². The highest BCUT2D eigenvalue weighted by molar-refractivity contribution is 6.31. The molecule has 3 aromatic heterocycles. The maximum Gasteiger partial charge on any atom is 0.407 e. The van der Waals surface area contributed by atoms with Gasteiger partial charge in [-0.2, -0.15) is 0 Å². The summed E-state index contributed by atoms with van der Waals surface area (Å²) in [6.07, 6.45) is 5.05. The summed E-state index contributed by atoms with van der Waals surface area (Å²) in [4.78, 5) is 48.7. The van der Waals surface area contributed by atoms with Gasteiger partial charge < -0.3 is 24.5 Å². The number of hydrogen-bond donors (Lipinski definition) is 2. The quantitative estimate of drug-likeness (QED) is 0.309. The summed E-state index contributed by atoms with van der Waals surface area (Å²) in [5.74, 6) is 0.911. The summed E-state index contributed by atoms with van der Waals surface area (Å²) in [6.45, 7) is 6.37. The molecule has 1 aliphatic carbocycles. The molecule has 1 saturated heterocycles. The Balaban J connectivity index is 1.12. The van der Waals surface area contributed by atoms with Gasteiger partial charge in [-0.05, 0) is 70.2 Å². The number of carbonyl (C=O) groups is 2. The molecule has 232 valence electrons. The lowest BCUT2D eigenvalue weighted by atomic mass is 9.91. The number of amides is 2. The Bertz CT molecular complexity index is 1760. The smallest absolute Gasteiger partial charge is 0.407 e. The lowest BCUT2D eigenvalue weighted by molar-refractivity contribution is -0.0305. The van der Waals surface area contributed by atoms with Crippen LogP contribution < -0.4 is 10.9 Å². The van der Waals surface area contributed by atoms with Crippen molar-refractivity contribution < 1.29 is 23.8 Å². The molecule has 0 bridgehead atoms. The molecule has 1 saturated carbocycles. The molecule has 12 nitrogen and oxygen atoms in total. The number of rotatable bonds is 7. The molecule has 13 heteroatoms. The number of hydrogen-bond acceptors (Lipinski definition) is 8. The van der Waals surface area contributed by atoms with Crippen molar-refractivity contribution in [2.24, 2.45) is 0 Å². The predicted molar refractivity (Wildman–Crippen MR) is 162 cm³/mol. The van der Waals surface area contributed by atoms with Crippen LogP contribution in [0.2, 0.25) is 5.15 Å². The number of nitrogens with zero attached hydrogens (tertiary/aromatic N) is 5. The first-order chi connectivity index (χ1) is 20.9. The second-order valence-electron chi connectivity index (χ2n) is 12.6. The third kappa shape index (κ3) is 6.36. The van der Waals surface area contributed by atoms with Crippen LogP contribution in [0.15, 0.2) is 52.1 Å². The standard InChI is InChI=1S/C31H35ClN6O6/c1-30(2,3)44-29(41)34-15-19-4-8-21(9-5-19)38-24(32)14-22-25(38)35-18-37(27(22)39)17-31(42)10-12-36(13-11-31)28(40)23-16-33-26(43-23)20-6-7-20/h4-5,8-9,14,16,18,20,42H,6-7,10-13,15,17H2,1-3H3,(H,34,41). The highest BCUT2D eigenvalue weighted by atomic mass is 35.5. The molecule has 0 spiro atoms. The van der Waals surface area contributed by atoms with Crippen LogP contribution in [0.3, 0.4) is 0 Å². The van der Waals surface area contributed by atoms with E-state index in [1.54, 1.807) is 36.3 Å². The molecule has 4 aromatic rings. The number of fused-ring (bicyclic) bond motifs is 1. The maximum absolute atomic E-state index is 13.5. The number of piperidine rings is 1. The van der Waals surface area contributed by atoms with Crippen molar-refractivity contribution in [1.29, 1.82) is 0 Å². The van der Waals surface area contributed by atoms with Crippen molar-refractivity contribution in [3.63, 3.8) is 0 Å². The van der Waals surface area contributed by atoms with E-state index < -0.39 is 17.3 Å². The summed E-state index contributed by atoms with van der Waals surface area (Å²) in [7, 11) is 0. The highest BCUT2D eigenvalue weighted by Crippen LogP contribution is 2.39. The normalized spacial score (nSPS) is 16.7. The Morgan fingerprint density at radius 3 is 2.52 bits per heavy atom. The minimum Gasteiger partial charge on any atom is -0.444 e. The molecule has 2 amide bonds. The van der Waals surface area contributed by atoms with Gasteiger partial charge in [0.1, 0.15) is 17.1 Å². The molecular formula is C31H35ClN6O6. The summed E-state index contributed by atoms with van der Waals surface area (Å²) in [5.41, 5.74) is -0.155. The summed E-state index contributed by atoms with van der Waals surface area (Å²) >= 11 is 6.57. The van der Waals surface area contributed by atoms with E-state index >= 15 is 0 Å². The van der Waals surface area contributed by atoms with Crippen LogP contribution in [0.4, 0.5) is 4.79 Å². The lowest BCUT2D eigenvalue weighted by Crippen LogP contribution is -2.49. The summed E-state index contributed by atoms with van der Waals surface area (Å²) in [6, 6.07) is 8.91. The van der Waals surface area contributed by atoms with Crippen LogP contribution in [0.1, 0.15) is 74.4 Å². The van der Waals surface area contributed by atoms with Gasteiger partial charge in [-0.25, -0.2) is 14.8 Å². The molecule has 44 heavy (non-hydrogen) atoms. The zero-order valence-corrected chi connectivity index (χ0v) is 25.6. The first-order valence-corrected chi connectivity index (χ1v) is 15.1. The summed E-state index contributed by atoms with van der Waals surface area (Å²) < 4.78 is 14.0. The second-order valence-corrected chi connectivity index (χ2v) is 13.0. The van der Waals surface area contributed by atoms with E-state index in [-0.39, 0.29) is 30.3 Å². The molecule has 0 unspecified atom stereocenters. The lowest BCUT2D eigenvalue weighted by Gasteiger charge is -2.38. The Morgan fingerprint density at radius 2 is 1.86 bits per heavy atom. The zero-order chi connectivity index (χ0) is 31.2. The minimum absolute atomic E-state index is 0.0348. The fourth-order valence-electron chi connectivity index (χ4n) is 5.36. The van der Waals surface area contributed by atoms with E-state index in [9.17, 15) is 19.5 Å². The van der Waals surface area contributed by atoms with Gasteiger partial charge in [0.25, 0.3) is 11.5 Å². The molecule has 0 radical (unpaired) electrons.